The number of amides is 1. The first-order valence-corrected chi connectivity index (χ1v) is 4.39. The molecule has 0 radical (unpaired) electrons. The van der Waals surface area contributed by atoms with Crippen LogP contribution in [0.25, 0.3) is 0 Å². The van der Waals surface area contributed by atoms with Crippen LogP contribution in [0.3, 0.4) is 0 Å². The predicted octanol–water partition coefficient (Wildman–Crippen LogP) is 1.57. The molecule has 0 N–H and O–H groups in total. The van der Waals surface area contributed by atoms with Gasteiger partial charge in [0.25, 0.3) is 0 Å². The quantitative estimate of drug-likeness (QED) is 0.628. The fraction of sp³-hybridized carbons (Fsp3) is 0.300. The molecule has 0 aromatic heterocycles. The Morgan fingerprint density at radius 3 is 3.07 bits per heavy atom. The van der Waals surface area contributed by atoms with Crippen molar-refractivity contribution in [1.82, 2.24) is 0 Å². The second kappa shape index (κ2) is 3.29. The molecule has 2 rings (SSSR count). The van der Waals surface area contributed by atoms with Crippen LogP contribution in [-0.2, 0) is 4.79 Å². The molecule has 3 nitrogen and oxygen atoms in total. The lowest BCUT2D eigenvalue weighted by atomic mass is 10.2. The summed E-state index contributed by atoms with van der Waals surface area (Å²) in [7, 11) is 0. The zero-order chi connectivity index (χ0) is 10.1. The van der Waals surface area contributed by atoms with Crippen molar-refractivity contribution in [3.05, 3.63) is 24.0 Å². The molecule has 0 fully saturated rings. The zero-order valence-electron chi connectivity index (χ0n) is 7.79. The average molecular weight is 195 g/mol. The highest BCUT2D eigenvalue weighted by Gasteiger charge is 2.23. The van der Waals surface area contributed by atoms with Crippen LogP contribution in [0.4, 0.5) is 10.1 Å². The molecule has 1 aliphatic rings. The molecule has 1 aromatic carbocycles. The molecule has 4 heteroatoms. The topological polar surface area (TPSA) is 29.5 Å². The van der Waals surface area contributed by atoms with Crippen molar-refractivity contribution < 1.29 is 13.9 Å². The molecule has 0 unspecified atom stereocenters. The van der Waals surface area contributed by atoms with E-state index in [2.05, 4.69) is 0 Å². The van der Waals surface area contributed by atoms with Gasteiger partial charge in [0.2, 0.25) is 5.91 Å². The predicted molar refractivity (Wildman–Crippen MR) is 49.9 cm³/mol. The monoisotopic (exact) mass is 195 g/mol. The molecule has 74 valence electrons. The fourth-order valence-electron chi connectivity index (χ4n) is 1.54. The average Bonchev–Trinajstić information content (AvgIpc) is 2.17. The van der Waals surface area contributed by atoms with E-state index in [-0.39, 0.29) is 11.7 Å². The standard InChI is InChI=1S/C10H10FNO2/c1-7(13)12-5-6-14-10-8(11)3-2-4-9(10)12/h2-4H,5-6H2,1H3. The van der Waals surface area contributed by atoms with Crippen molar-refractivity contribution >= 4 is 11.6 Å². The van der Waals surface area contributed by atoms with E-state index in [4.69, 9.17) is 4.74 Å². The third-order valence-electron chi connectivity index (χ3n) is 2.18. The molecule has 1 aliphatic heterocycles. The van der Waals surface area contributed by atoms with E-state index in [9.17, 15) is 9.18 Å². The number of nitrogens with zero attached hydrogens (tertiary/aromatic N) is 1. The summed E-state index contributed by atoms with van der Waals surface area (Å²) < 4.78 is 18.4. The van der Waals surface area contributed by atoms with Crippen LogP contribution >= 0.6 is 0 Å². The summed E-state index contributed by atoms with van der Waals surface area (Å²) in [5.41, 5.74) is 0.517. The number of halogens is 1. The third kappa shape index (κ3) is 1.32. The van der Waals surface area contributed by atoms with Gasteiger partial charge in [0.05, 0.1) is 12.2 Å². The summed E-state index contributed by atoms with van der Waals surface area (Å²) in [6.45, 7) is 2.28. The van der Waals surface area contributed by atoms with E-state index in [0.717, 1.165) is 0 Å². The van der Waals surface area contributed by atoms with E-state index >= 15 is 0 Å². The van der Waals surface area contributed by atoms with Gasteiger partial charge in [-0.2, -0.15) is 0 Å². The summed E-state index contributed by atoms with van der Waals surface area (Å²) in [5, 5.41) is 0. The summed E-state index contributed by atoms with van der Waals surface area (Å²) in [4.78, 5) is 12.7. The molecule has 0 saturated heterocycles. The largest absolute Gasteiger partial charge is 0.486 e. The first-order chi connectivity index (χ1) is 6.70. The number of fused-ring (bicyclic) bond motifs is 1. The number of ether oxygens (including phenoxy) is 1. The maximum atomic E-state index is 13.2. The highest BCUT2D eigenvalue weighted by molar-refractivity contribution is 5.93. The molecular weight excluding hydrogens is 185 g/mol. The first-order valence-electron chi connectivity index (χ1n) is 4.39. The van der Waals surface area contributed by atoms with Gasteiger partial charge < -0.3 is 9.64 Å². The van der Waals surface area contributed by atoms with Crippen molar-refractivity contribution in [3.63, 3.8) is 0 Å². The minimum absolute atomic E-state index is 0.0971. The van der Waals surface area contributed by atoms with Crippen molar-refractivity contribution in [2.45, 2.75) is 6.92 Å². The van der Waals surface area contributed by atoms with Gasteiger partial charge in [0, 0.05) is 6.92 Å². The molecule has 1 amide bonds. The molecule has 0 atom stereocenters. The Hall–Kier alpha value is -1.58. The molecule has 0 bridgehead atoms. The first kappa shape index (κ1) is 8.99. The molecule has 0 saturated carbocycles. The van der Waals surface area contributed by atoms with Gasteiger partial charge in [-0.05, 0) is 12.1 Å². The summed E-state index contributed by atoms with van der Waals surface area (Å²) in [5.74, 6) is -0.345. The zero-order valence-corrected chi connectivity index (χ0v) is 7.79. The molecule has 1 aromatic rings. The van der Waals surface area contributed by atoms with Crippen molar-refractivity contribution in [1.29, 1.82) is 0 Å². The van der Waals surface area contributed by atoms with Crippen LogP contribution in [0.1, 0.15) is 6.92 Å². The van der Waals surface area contributed by atoms with Crippen molar-refractivity contribution in [3.8, 4) is 5.75 Å². The van der Waals surface area contributed by atoms with Gasteiger partial charge in [0.1, 0.15) is 6.61 Å². The smallest absolute Gasteiger partial charge is 0.224 e. The Morgan fingerprint density at radius 1 is 1.57 bits per heavy atom. The number of carbonyl (C=O) groups is 1. The van der Waals surface area contributed by atoms with Crippen LogP contribution in [-0.4, -0.2) is 19.1 Å². The Balaban J connectivity index is 2.49. The van der Waals surface area contributed by atoms with Crippen molar-refractivity contribution in [2.24, 2.45) is 0 Å². The van der Waals surface area contributed by atoms with E-state index in [0.29, 0.717) is 18.8 Å². The minimum atomic E-state index is -0.423. The third-order valence-corrected chi connectivity index (χ3v) is 2.18. The second-order valence-electron chi connectivity index (χ2n) is 3.11. The number of rotatable bonds is 0. The van der Waals surface area contributed by atoms with Gasteiger partial charge in [-0.3, -0.25) is 4.79 Å². The number of hydrogen-bond donors (Lipinski definition) is 0. The minimum Gasteiger partial charge on any atom is -0.486 e. The van der Waals surface area contributed by atoms with Gasteiger partial charge >= 0.3 is 0 Å². The number of hydrogen-bond acceptors (Lipinski definition) is 2. The van der Waals surface area contributed by atoms with E-state index in [1.165, 1.54) is 17.9 Å². The molecule has 0 aliphatic carbocycles. The summed E-state index contributed by atoms with van der Waals surface area (Å²) in [6.07, 6.45) is 0. The Morgan fingerprint density at radius 2 is 2.36 bits per heavy atom. The van der Waals surface area contributed by atoms with Crippen LogP contribution in [0.5, 0.6) is 5.75 Å². The van der Waals surface area contributed by atoms with E-state index in [1.54, 1.807) is 12.1 Å². The molecule has 1 heterocycles. The number of para-hydroxylation sites is 1. The normalized spacial score (nSPS) is 14.6. The number of carbonyl (C=O) groups excluding carboxylic acids is 1. The molecule has 0 spiro atoms. The summed E-state index contributed by atoms with van der Waals surface area (Å²) >= 11 is 0. The van der Waals surface area contributed by atoms with E-state index < -0.39 is 5.82 Å². The van der Waals surface area contributed by atoms with Gasteiger partial charge in [0.15, 0.2) is 11.6 Å². The lowest BCUT2D eigenvalue weighted by Gasteiger charge is -2.28. The van der Waals surface area contributed by atoms with Gasteiger partial charge in [-0.15, -0.1) is 0 Å². The Kier molecular flexibility index (Phi) is 2.11. The summed E-state index contributed by atoms with van der Waals surface area (Å²) in [6, 6.07) is 4.57. The Bertz CT molecular complexity index is 378. The maximum Gasteiger partial charge on any atom is 0.224 e. The fourth-order valence-corrected chi connectivity index (χ4v) is 1.54. The highest BCUT2D eigenvalue weighted by Crippen LogP contribution is 2.33. The van der Waals surface area contributed by atoms with Crippen LogP contribution < -0.4 is 9.64 Å². The SMILES string of the molecule is CC(=O)N1CCOc2c(F)cccc21. The van der Waals surface area contributed by atoms with Crippen LogP contribution in [0.2, 0.25) is 0 Å². The lowest BCUT2D eigenvalue weighted by Crippen LogP contribution is -2.36. The molecule has 14 heavy (non-hydrogen) atoms. The van der Waals surface area contributed by atoms with Crippen LogP contribution in [0.15, 0.2) is 18.2 Å². The number of benzene rings is 1. The van der Waals surface area contributed by atoms with Gasteiger partial charge in [-0.1, -0.05) is 6.07 Å². The van der Waals surface area contributed by atoms with E-state index in [1.807, 2.05) is 0 Å². The van der Waals surface area contributed by atoms with Gasteiger partial charge in [-0.25, -0.2) is 4.39 Å². The number of anilines is 1. The van der Waals surface area contributed by atoms with Crippen LogP contribution in [0, 0.1) is 5.82 Å². The highest BCUT2D eigenvalue weighted by atomic mass is 19.1. The lowest BCUT2D eigenvalue weighted by molar-refractivity contribution is -0.116. The second-order valence-corrected chi connectivity index (χ2v) is 3.11. The maximum absolute atomic E-state index is 13.2. The molecular formula is C10H10FNO2. The Labute approximate surface area is 81.1 Å². The van der Waals surface area contributed by atoms with Crippen molar-refractivity contribution in [2.75, 3.05) is 18.1 Å².